The van der Waals surface area contributed by atoms with Crippen LogP contribution in [0.2, 0.25) is 0 Å². The molecule has 0 fully saturated rings. The number of benzene rings is 1. The summed E-state index contributed by atoms with van der Waals surface area (Å²) < 4.78 is 18.4. The molecule has 4 heteroatoms. The van der Waals surface area contributed by atoms with E-state index in [9.17, 15) is 9.18 Å². The molecule has 0 unspecified atom stereocenters. The standard InChI is InChI=1S/C12H12FNO2/c1-2-12(15)14-5-6-16-11-7-10(13)4-3-9(11)8-14/h2-4,7H,1,5-6,8H2. The monoisotopic (exact) mass is 221 g/mol. The number of hydrogen-bond acceptors (Lipinski definition) is 2. The van der Waals surface area contributed by atoms with Crippen molar-refractivity contribution in [2.45, 2.75) is 6.54 Å². The van der Waals surface area contributed by atoms with E-state index in [4.69, 9.17) is 4.74 Å². The number of ether oxygens (including phenoxy) is 1. The van der Waals surface area contributed by atoms with E-state index in [1.807, 2.05) is 0 Å². The Balaban J connectivity index is 2.27. The molecular formula is C12H12FNO2. The molecule has 84 valence electrons. The van der Waals surface area contributed by atoms with Crippen LogP contribution in [-0.2, 0) is 11.3 Å². The molecule has 0 bridgehead atoms. The molecule has 2 rings (SSSR count). The fourth-order valence-electron chi connectivity index (χ4n) is 1.66. The molecule has 1 aliphatic rings. The van der Waals surface area contributed by atoms with Gasteiger partial charge in [-0.05, 0) is 12.1 Å². The average molecular weight is 221 g/mol. The predicted octanol–water partition coefficient (Wildman–Crippen LogP) is 1.73. The van der Waals surface area contributed by atoms with Gasteiger partial charge >= 0.3 is 0 Å². The van der Waals surface area contributed by atoms with Gasteiger partial charge < -0.3 is 9.64 Å². The second kappa shape index (κ2) is 4.35. The highest BCUT2D eigenvalue weighted by molar-refractivity contribution is 5.87. The second-order valence-corrected chi connectivity index (χ2v) is 3.56. The second-order valence-electron chi connectivity index (χ2n) is 3.56. The fraction of sp³-hybridized carbons (Fsp3) is 0.250. The SMILES string of the molecule is C=CC(=O)N1CCOc2cc(F)ccc2C1. The van der Waals surface area contributed by atoms with Crippen molar-refractivity contribution in [2.24, 2.45) is 0 Å². The summed E-state index contributed by atoms with van der Waals surface area (Å²) >= 11 is 0. The topological polar surface area (TPSA) is 29.5 Å². The third kappa shape index (κ3) is 2.05. The maximum atomic E-state index is 13.0. The van der Waals surface area contributed by atoms with Gasteiger partial charge in [-0.1, -0.05) is 12.6 Å². The molecule has 1 heterocycles. The molecule has 1 aromatic rings. The van der Waals surface area contributed by atoms with Crippen LogP contribution in [-0.4, -0.2) is 24.0 Å². The summed E-state index contributed by atoms with van der Waals surface area (Å²) in [4.78, 5) is 13.1. The van der Waals surface area contributed by atoms with Crippen LogP contribution < -0.4 is 4.74 Å². The van der Waals surface area contributed by atoms with Crippen LogP contribution in [0.25, 0.3) is 0 Å². The number of carbonyl (C=O) groups excluding carboxylic acids is 1. The first-order valence-electron chi connectivity index (χ1n) is 5.03. The molecule has 0 aromatic heterocycles. The largest absolute Gasteiger partial charge is 0.491 e. The van der Waals surface area contributed by atoms with E-state index in [-0.39, 0.29) is 11.7 Å². The summed E-state index contributed by atoms with van der Waals surface area (Å²) in [6, 6.07) is 4.35. The van der Waals surface area contributed by atoms with Crippen LogP contribution in [0, 0.1) is 5.82 Å². The lowest BCUT2D eigenvalue weighted by molar-refractivity contribution is -0.126. The van der Waals surface area contributed by atoms with Crippen LogP contribution in [0.5, 0.6) is 5.75 Å². The van der Waals surface area contributed by atoms with Crippen molar-refractivity contribution in [2.75, 3.05) is 13.2 Å². The van der Waals surface area contributed by atoms with Gasteiger partial charge in [-0.3, -0.25) is 4.79 Å². The highest BCUT2D eigenvalue weighted by Crippen LogP contribution is 2.23. The van der Waals surface area contributed by atoms with E-state index >= 15 is 0 Å². The van der Waals surface area contributed by atoms with Crippen molar-refractivity contribution in [3.63, 3.8) is 0 Å². The maximum absolute atomic E-state index is 13.0. The van der Waals surface area contributed by atoms with Crippen molar-refractivity contribution in [1.29, 1.82) is 0 Å². The van der Waals surface area contributed by atoms with Gasteiger partial charge in [0, 0.05) is 18.2 Å². The van der Waals surface area contributed by atoms with Crippen LogP contribution in [0.3, 0.4) is 0 Å². The summed E-state index contributed by atoms with van der Waals surface area (Å²) in [5.74, 6) is 0.0439. The Bertz CT molecular complexity index is 431. The summed E-state index contributed by atoms with van der Waals surface area (Å²) in [6.07, 6.45) is 1.27. The van der Waals surface area contributed by atoms with Gasteiger partial charge in [-0.2, -0.15) is 0 Å². The minimum Gasteiger partial charge on any atom is -0.491 e. The summed E-state index contributed by atoms with van der Waals surface area (Å²) in [5, 5.41) is 0. The van der Waals surface area contributed by atoms with Gasteiger partial charge in [0.15, 0.2) is 0 Å². The smallest absolute Gasteiger partial charge is 0.246 e. The number of rotatable bonds is 1. The molecule has 0 N–H and O–H groups in total. The maximum Gasteiger partial charge on any atom is 0.246 e. The Morgan fingerprint density at radius 3 is 3.12 bits per heavy atom. The molecule has 1 aromatic carbocycles. The van der Waals surface area contributed by atoms with Gasteiger partial charge in [-0.25, -0.2) is 4.39 Å². The van der Waals surface area contributed by atoms with Gasteiger partial charge in [-0.15, -0.1) is 0 Å². The number of nitrogens with zero attached hydrogens (tertiary/aromatic N) is 1. The number of fused-ring (bicyclic) bond motifs is 1. The predicted molar refractivity (Wildman–Crippen MR) is 57.5 cm³/mol. The van der Waals surface area contributed by atoms with Crippen LogP contribution in [0.4, 0.5) is 4.39 Å². The van der Waals surface area contributed by atoms with Crippen LogP contribution in [0.1, 0.15) is 5.56 Å². The van der Waals surface area contributed by atoms with Crippen LogP contribution >= 0.6 is 0 Å². The molecule has 0 spiro atoms. The lowest BCUT2D eigenvalue weighted by Crippen LogP contribution is -2.30. The van der Waals surface area contributed by atoms with E-state index in [0.29, 0.717) is 25.4 Å². The first kappa shape index (κ1) is 10.7. The van der Waals surface area contributed by atoms with E-state index in [0.717, 1.165) is 5.56 Å². The minimum atomic E-state index is -0.331. The lowest BCUT2D eigenvalue weighted by atomic mass is 10.2. The highest BCUT2D eigenvalue weighted by atomic mass is 19.1. The Kier molecular flexibility index (Phi) is 2.90. The third-order valence-corrected chi connectivity index (χ3v) is 2.50. The van der Waals surface area contributed by atoms with Gasteiger partial charge in [0.05, 0.1) is 6.54 Å². The number of hydrogen-bond donors (Lipinski definition) is 0. The normalized spacial score (nSPS) is 14.7. The van der Waals surface area contributed by atoms with Gasteiger partial charge in [0.25, 0.3) is 0 Å². The third-order valence-electron chi connectivity index (χ3n) is 2.50. The number of halogens is 1. The number of amides is 1. The van der Waals surface area contributed by atoms with Gasteiger partial charge in [0.1, 0.15) is 18.2 Å². The molecule has 1 amide bonds. The summed E-state index contributed by atoms with van der Waals surface area (Å²) in [5.41, 5.74) is 0.814. The van der Waals surface area contributed by atoms with Crippen molar-refractivity contribution in [3.05, 3.63) is 42.2 Å². The zero-order chi connectivity index (χ0) is 11.5. The highest BCUT2D eigenvalue weighted by Gasteiger charge is 2.18. The Morgan fingerprint density at radius 2 is 2.38 bits per heavy atom. The van der Waals surface area contributed by atoms with E-state index in [1.54, 1.807) is 11.0 Å². The quantitative estimate of drug-likeness (QED) is 0.676. The van der Waals surface area contributed by atoms with Gasteiger partial charge in [0.2, 0.25) is 5.91 Å². The lowest BCUT2D eigenvalue weighted by Gasteiger charge is -2.17. The molecule has 1 aliphatic heterocycles. The van der Waals surface area contributed by atoms with Crippen molar-refractivity contribution in [3.8, 4) is 5.75 Å². The Morgan fingerprint density at radius 1 is 1.56 bits per heavy atom. The molecule has 16 heavy (non-hydrogen) atoms. The fourth-order valence-corrected chi connectivity index (χ4v) is 1.66. The molecule has 0 radical (unpaired) electrons. The van der Waals surface area contributed by atoms with Crippen molar-refractivity contribution >= 4 is 5.91 Å². The van der Waals surface area contributed by atoms with Crippen molar-refractivity contribution < 1.29 is 13.9 Å². The number of carbonyl (C=O) groups is 1. The first-order chi connectivity index (χ1) is 7.70. The van der Waals surface area contributed by atoms with Crippen molar-refractivity contribution in [1.82, 2.24) is 4.90 Å². The van der Waals surface area contributed by atoms with E-state index in [1.165, 1.54) is 18.2 Å². The van der Waals surface area contributed by atoms with E-state index < -0.39 is 0 Å². The zero-order valence-corrected chi connectivity index (χ0v) is 8.78. The molecular weight excluding hydrogens is 209 g/mol. The molecule has 0 saturated heterocycles. The molecule has 0 atom stereocenters. The Labute approximate surface area is 93.1 Å². The molecule has 0 saturated carbocycles. The molecule has 3 nitrogen and oxygen atoms in total. The Hall–Kier alpha value is -1.84. The van der Waals surface area contributed by atoms with Crippen LogP contribution in [0.15, 0.2) is 30.9 Å². The minimum absolute atomic E-state index is 0.138. The zero-order valence-electron chi connectivity index (χ0n) is 8.78. The first-order valence-corrected chi connectivity index (χ1v) is 5.03. The average Bonchev–Trinajstić information content (AvgIpc) is 2.49. The summed E-state index contributed by atoms with van der Waals surface area (Å²) in [6.45, 7) is 4.73. The van der Waals surface area contributed by atoms with E-state index in [2.05, 4.69) is 6.58 Å². The molecule has 0 aliphatic carbocycles. The summed E-state index contributed by atoms with van der Waals surface area (Å²) in [7, 11) is 0.